The third kappa shape index (κ3) is 6.58. The number of aliphatic carboxylic acids is 1. The van der Waals surface area contributed by atoms with Crippen LogP contribution in [0, 0.1) is 16.7 Å². The van der Waals surface area contributed by atoms with Gasteiger partial charge in [0.05, 0.1) is 7.11 Å². The molecule has 0 radical (unpaired) electrons. The van der Waals surface area contributed by atoms with E-state index < -0.39 is 11.8 Å². The number of allylic oxidation sites excluding steroid dienone is 4. The Hall–Kier alpha value is -3.19. The van der Waals surface area contributed by atoms with Crippen LogP contribution in [0.1, 0.15) is 63.6 Å². The molecule has 200 valence electrons. The molecule has 3 rings (SSSR count). The summed E-state index contributed by atoms with van der Waals surface area (Å²) in [5.41, 5.74) is 4.18. The number of hydrogen-bond donors (Lipinski definition) is 3. The summed E-state index contributed by atoms with van der Waals surface area (Å²) in [6, 6.07) is 4.45. The molecular weight excluding hydrogens is 466 g/mol. The Kier molecular flexibility index (Phi) is 9.13. The summed E-state index contributed by atoms with van der Waals surface area (Å²) in [4.78, 5) is 26.7. The minimum Gasteiger partial charge on any atom is -0.496 e. The number of carboxylic acid groups (broad SMARTS) is 1. The number of ketones is 1. The molecule has 0 aromatic heterocycles. The van der Waals surface area contributed by atoms with Gasteiger partial charge < -0.3 is 25.5 Å². The van der Waals surface area contributed by atoms with Gasteiger partial charge in [-0.3, -0.25) is 4.79 Å². The van der Waals surface area contributed by atoms with Crippen LogP contribution < -0.4 is 10.1 Å². The van der Waals surface area contributed by atoms with Crippen LogP contribution in [0.4, 0.5) is 0 Å². The van der Waals surface area contributed by atoms with Crippen LogP contribution in [0.2, 0.25) is 0 Å². The number of carbonyl (C=O) groups excluding carboxylic acids is 1. The van der Waals surface area contributed by atoms with Crippen molar-refractivity contribution in [2.45, 2.75) is 59.4 Å². The fraction of sp³-hybridized carbons (Fsp3) is 0.500. The number of benzene rings is 1. The lowest BCUT2D eigenvalue weighted by atomic mass is 9.68. The smallest absolute Gasteiger partial charge is 0.339 e. The molecule has 7 heteroatoms. The summed E-state index contributed by atoms with van der Waals surface area (Å²) in [6.07, 6.45) is 9.84. The molecule has 3 N–H and O–H groups in total. The molecule has 1 fully saturated rings. The summed E-state index contributed by atoms with van der Waals surface area (Å²) in [7, 11) is 3.68. The van der Waals surface area contributed by atoms with Gasteiger partial charge in [0.2, 0.25) is 0 Å². The second kappa shape index (κ2) is 11.9. The van der Waals surface area contributed by atoms with Crippen molar-refractivity contribution in [3.63, 3.8) is 0 Å². The van der Waals surface area contributed by atoms with E-state index in [1.165, 1.54) is 18.4 Å². The molecule has 0 saturated carbocycles. The van der Waals surface area contributed by atoms with Crippen LogP contribution in [0.25, 0.3) is 11.1 Å². The zero-order valence-corrected chi connectivity index (χ0v) is 23.0. The zero-order valence-electron chi connectivity index (χ0n) is 23.0. The Morgan fingerprint density at radius 1 is 1.19 bits per heavy atom. The first kappa shape index (κ1) is 28.4. The molecule has 1 aliphatic carbocycles. The molecule has 0 amide bonds. The van der Waals surface area contributed by atoms with Gasteiger partial charge in [0.25, 0.3) is 0 Å². The van der Waals surface area contributed by atoms with E-state index in [1.54, 1.807) is 14.0 Å². The van der Waals surface area contributed by atoms with E-state index in [4.69, 9.17) is 10.1 Å². The highest BCUT2D eigenvalue weighted by Gasteiger charge is 2.33. The molecule has 1 aliphatic heterocycles. The zero-order chi connectivity index (χ0) is 27.3. The molecule has 1 aromatic rings. The van der Waals surface area contributed by atoms with Gasteiger partial charge in [0, 0.05) is 36.6 Å². The van der Waals surface area contributed by atoms with E-state index in [1.807, 2.05) is 12.3 Å². The number of ether oxygens (including phenoxy) is 1. The molecule has 7 nitrogen and oxygen atoms in total. The molecule has 1 saturated heterocycles. The molecule has 37 heavy (non-hydrogen) atoms. The molecule has 1 heterocycles. The summed E-state index contributed by atoms with van der Waals surface area (Å²) in [5.74, 6) is -0.829. The number of carbonyl (C=O) groups is 2. The van der Waals surface area contributed by atoms with Crippen molar-refractivity contribution in [2.75, 3.05) is 27.2 Å². The van der Waals surface area contributed by atoms with Crippen LogP contribution in [0.15, 0.2) is 36.1 Å². The lowest BCUT2D eigenvalue weighted by Crippen LogP contribution is -2.38. The summed E-state index contributed by atoms with van der Waals surface area (Å²) < 4.78 is 5.79. The van der Waals surface area contributed by atoms with E-state index in [0.29, 0.717) is 18.2 Å². The number of carboxylic acids is 1. The minimum atomic E-state index is -1.22. The van der Waals surface area contributed by atoms with Crippen molar-refractivity contribution in [1.29, 1.82) is 5.41 Å². The normalized spacial score (nSPS) is 20.4. The predicted molar refractivity (Wildman–Crippen MR) is 149 cm³/mol. The number of hydrogen-bond acceptors (Lipinski definition) is 6. The number of rotatable bonds is 8. The average molecular weight is 508 g/mol. The summed E-state index contributed by atoms with van der Waals surface area (Å²) in [6.45, 7) is 10.1. The molecule has 1 unspecified atom stereocenters. The highest BCUT2D eigenvalue weighted by atomic mass is 16.5. The summed E-state index contributed by atoms with van der Waals surface area (Å²) in [5, 5.41) is 21.0. The standard InChI is InChI=1S/C30H41N3O4/c1-7-24(29(35)36)27(34)15-20-13-22(30(2,3)4)12-19-14-26(28(37-6)16-25(19)20)21(17-31)18-33(5)23-8-10-32-11-9-23/h7,14-18,22-23,31-32H,8-13H2,1-6H3,(H,35,36)/b20-15+,21-18+,24-7+,31-17?. The van der Waals surface area contributed by atoms with Crippen LogP contribution in [-0.2, 0) is 16.0 Å². The number of piperidine rings is 1. The average Bonchev–Trinajstić information content (AvgIpc) is 2.86. The largest absolute Gasteiger partial charge is 0.496 e. The van der Waals surface area contributed by atoms with Crippen LogP contribution in [-0.4, -0.2) is 61.3 Å². The Balaban J connectivity index is 2.11. The highest BCUT2D eigenvalue weighted by Crippen LogP contribution is 2.45. The second-order valence-corrected chi connectivity index (χ2v) is 11.1. The van der Waals surface area contributed by atoms with Crippen molar-refractivity contribution < 1.29 is 19.4 Å². The lowest BCUT2D eigenvalue weighted by Gasteiger charge is -2.37. The lowest BCUT2D eigenvalue weighted by molar-refractivity contribution is -0.134. The monoisotopic (exact) mass is 507 g/mol. The maximum Gasteiger partial charge on any atom is 0.339 e. The first-order valence-electron chi connectivity index (χ1n) is 13.0. The predicted octanol–water partition coefficient (Wildman–Crippen LogP) is 4.96. The molecule has 0 bridgehead atoms. The van der Waals surface area contributed by atoms with E-state index >= 15 is 0 Å². The van der Waals surface area contributed by atoms with Gasteiger partial charge in [-0.15, -0.1) is 0 Å². The van der Waals surface area contributed by atoms with E-state index in [2.05, 4.69) is 44.1 Å². The van der Waals surface area contributed by atoms with Crippen LogP contribution in [0.3, 0.4) is 0 Å². The van der Waals surface area contributed by atoms with Gasteiger partial charge in [-0.1, -0.05) is 26.8 Å². The SMILES string of the molecule is C/C=C(/C(=O)O)C(=O)/C=C1\CC(C(C)(C)C)Cc2cc(/C(C=N)=C/N(C)C3CCNCC3)c(OC)cc21. The Labute approximate surface area is 220 Å². The fourth-order valence-electron chi connectivity index (χ4n) is 5.28. The van der Waals surface area contributed by atoms with E-state index in [-0.39, 0.29) is 16.9 Å². The molecule has 0 spiro atoms. The molecule has 1 aromatic carbocycles. The second-order valence-electron chi connectivity index (χ2n) is 11.1. The fourth-order valence-corrected chi connectivity index (χ4v) is 5.28. The van der Waals surface area contributed by atoms with Gasteiger partial charge in [0.1, 0.15) is 11.3 Å². The number of nitrogens with one attached hydrogen (secondary N) is 2. The van der Waals surface area contributed by atoms with Gasteiger partial charge in [-0.2, -0.15) is 0 Å². The Morgan fingerprint density at radius 2 is 1.86 bits per heavy atom. The van der Waals surface area contributed by atoms with E-state index in [0.717, 1.165) is 60.2 Å². The number of fused-ring (bicyclic) bond motifs is 1. The third-order valence-electron chi connectivity index (χ3n) is 7.71. The molecule has 2 aliphatic rings. The maximum absolute atomic E-state index is 12.9. The van der Waals surface area contributed by atoms with Crippen LogP contribution >= 0.6 is 0 Å². The third-order valence-corrected chi connectivity index (χ3v) is 7.71. The number of methoxy groups -OCH3 is 1. The Bertz CT molecular complexity index is 1130. The van der Waals surface area contributed by atoms with Gasteiger partial charge in [-0.25, -0.2) is 4.79 Å². The Morgan fingerprint density at radius 3 is 2.41 bits per heavy atom. The van der Waals surface area contributed by atoms with Crippen LogP contribution in [0.5, 0.6) is 5.75 Å². The number of nitrogens with zero attached hydrogens (tertiary/aromatic N) is 1. The first-order valence-corrected chi connectivity index (χ1v) is 13.0. The topological polar surface area (TPSA) is 103 Å². The highest BCUT2D eigenvalue weighted by molar-refractivity contribution is 6.23. The van der Waals surface area contributed by atoms with Crippen molar-refractivity contribution in [2.24, 2.45) is 11.3 Å². The quantitative estimate of drug-likeness (QED) is 0.199. The summed E-state index contributed by atoms with van der Waals surface area (Å²) >= 11 is 0. The van der Waals surface area contributed by atoms with Crippen molar-refractivity contribution in [3.8, 4) is 5.75 Å². The van der Waals surface area contributed by atoms with Gasteiger partial charge in [0.15, 0.2) is 5.78 Å². The molecular formula is C30H41N3O4. The van der Waals surface area contributed by atoms with Gasteiger partial charge >= 0.3 is 5.97 Å². The van der Waals surface area contributed by atoms with Crippen molar-refractivity contribution in [3.05, 3.63) is 52.7 Å². The van der Waals surface area contributed by atoms with Gasteiger partial charge in [-0.05, 0) is 91.9 Å². The van der Waals surface area contributed by atoms with Crippen molar-refractivity contribution in [1.82, 2.24) is 10.2 Å². The molecule has 1 atom stereocenters. The first-order chi connectivity index (χ1) is 17.5. The minimum absolute atomic E-state index is 0.00834. The maximum atomic E-state index is 12.9. The van der Waals surface area contributed by atoms with Crippen molar-refractivity contribution >= 4 is 29.1 Å². The van der Waals surface area contributed by atoms with E-state index in [9.17, 15) is 14.7 Å².